The number of guanidine groups is 1. The van der Waals surface area contributed by atoms with Crippen molar-refractivity contribution in [3.8, 4) is 0 Å². The molecule has 0 spiro atoms. The van der Waals surface area contributed by atoms with Crippen molar-refractivity contribution >= 4 is 29.1 Å². The van der Waals surface area contributed by atoms with E-state index >= 15 is 0 Å². The fraction of sp³-hybridized carbons (Fsp3) is 0.733. The van der Waals surface area contributed by atoms with Crippen LogP contribution < -0.4 is 10.6 Å². The minimum atomic E-state index is 0.233. The van der Waals surface area contributed by atoms with Gasteiger partial charge in [-0.25, -0.2) is 4.98 Å². The van der Waals surface area contributed by atoms with Crippen molar-refractivity contribution in [1.82, 2.24) is 20.5 Å². The zero-order chi connectivity index (χ0) is 16.2. The van der Waals surface area contributed by atoms with E-state index < -0.39 is 0 Å². The van der Waals surface area contributed by atoms with Crippen LogP contribution >= 0.6 is 23.1 Å². The van der Waals surface area contributed by atoms with E-state index in [1.54, 1.807) is 11.3 Å². The summed E-state index contributed by atoms with van der Waals surface area (Å²) in [5, 5.41) is 7.96. The van der Waals surface area contributed by atoms with Crippen LogP contribution in [0.4, 0.5) is 0 Å². The van der Waals surface area contributed by atoms with Crippen LogP contribution in [0, 0.1) is 13.8 Å². The lowest BCUT2D eigenvalue weighted by Gasteiger charge is -2.36. The molecule has 0 aromatic carbocycles. The van der Waals surface area contributed by atoms with Crippen molar-refractivity contribution in [2.24, 2.45) is 4.99 Å². The Hall–Kier alpha value is -0.790. The summed E-state index contributed by atoms with van der Waals surface area (Å²) in [7, 11) is 6.16. The summed E-state index contributed by atoms with van der Waals surface area (Å²) in [5.41, 5.74) is 1.36. The second-order valence-electron chi connectivity index (χ2n) is 5.95. The van der Waals surface area contributed by atoms with Crippen LogP contribution in [0.15, 0.2) is 4.99 Å². The lowest BCUT2D eigenvalue weighted by molar-refractivity contribution is 0.183. The molecule has 5 nitrogen and oxygen atoms in total. The molecule has 7 heteroatoms. The maximum Gasteiger partial charge on any atom is 0.191 e. The maximum absolute atomic E-state index is 4.56. The molecule has 1 aromatic rings. The van der Waals surface area contributed by atoms with E-state index in [0.717, 1.165) is 29.8 Å². The molecule has 1 atom stereocenters. The number of nitrogens with zero attached hydrogens (tertiary/aromatic N) is 3. The Kier molecular flexibility index (Phi) is 6.11. The lowest BCUT2D eigenvalue weighted by Crippen LogP contribution is -2.54. The first-order valence-electron chi connectivity index (χ1n) is 7.59. The minimum absolute atomic E-state index is 0.233. The Labute approximate surface area is 142 Å². The predicted octanol–water partition coefficient (Wildman–Crippen LogP) is 1.86. The third kappa shape index (κ3) is 4.14. The first-order valence-corrected chi connectivity index (χ1v) is 9.56. The average molecular weight is 342 g/mol. The molecule has 2 heterocycles. The molecule has 0 amide bonds. The highest BCUT2D eigenvalue weighted by Crippen LogP contribution is 2.31. The number of thiazole rings is 1. The number of aliphatic imine (C=N–C) groups is 1. The molecule has 1 unspecified atom stereocenters. The van der Waals surface area contributed by atoms with E-state index in [0.29, 0.717) is 0 Å². The van der Waals surface area contributed by atoms with Crippen LogP contribution in [0.25, 0.3) is 0 Å². The zero-order valence-electron chi connectivity index (χ0n) is 14.2. The van der Waals surface area contributed by atoms with Crippen LogP contribution in [0.1, 0.15) is 22.0 Å². The quantitative estimate of drug-likeness (QED) is 0.632. The fourth-order valence-electron chi connectivity index (χ4n) is 2.49. The van der Waals surface area contributed by atoms with Crippen molar-refractivity contribution in [1.29, 1.82) is 0 Å². The van der Waals surface area contributed by atoms with E-state index in [1.807, 2.05) is 18.8 Å². The van der Waals surface area contributed by atoms with Crippen LogP contribution in [0.5, 0.6) is 0 Å². The van der Waals surface area contributed by atoms with Gasteiger partial charge in [0, 0.05) is 29.8 Å². The Morgan fingerprint density at radius 2 is 2.14 bits per heavy atom. The molecular formula is C15H27N5S2. The molecule has 1 aromatic heterocycles. The van der Waals surface area contributed by atoms with Crippen molar-refractivity contribution < 1.29 is 0 Å². The number of likely N-dealkylation sites (N-methyl/N-ethyl adjacent to an activating group) is 1. The summed E-state index contributed by atoms with van der Waals surface area (Å²) in [5.74, 6) is 3.27. The molecule has 1 fully saturated rings. The largest absolute Gasteiger partial charge is 0.355 e. The number of nitrogens with one attached hydrogen (secondary N) is 2. The van der Waals surface area contributed by atoms with Gasteiger partial charge in [0.25, 0.3) is 0 Å². The van der Waals surface area contributed by atoms with E-state index in [9.17, 15) is 0 Å². The molecule has 1 saturated heterocycles. The Morgan fingerprint density at radius 3 is 2.64 bits per heavy atom. The van der Waals surface area contributed by atoms with Crippen LogP contribution in [-0.2, 0) is 6.54 Å². The third-order valence-corrected chi connectivity index (χ3v) is 6.63. The third-order valence-electron chi connectivity index (χ3n) is 4.32. The standard InChI is InChI=1S/C15H27N5S2/c1-11-12(2)22-13(19-11)8-17-14(16-3)18-9-15(20(4)5)6-7-21-10-15/h6-10H2,1-5H3,(H2,16,17,18). The first kappa shape index (κ1) is 17.6. The van der Waals surface area contributed by atoms with E-state index in [2.05, 4.69) is 53.5 Å². The molecule has 0 bridgehead atoms. The Morgan fingerprint density at radius 1 is 1.36 bits per heavy atom. The predicted molar refractivity (Wildman–Crippen MR) is 98.1 cm³/mol. The molecule has 22 heavy (non-hydrogen) atoms. The van der Waals surface area contributed by atoms with Gasteiger partial charge in [-0.3, -0.25) is 4.99 Å². The summed E-state index contributed by atoms with van der Waals surface area (Å²) >= 11 is 3.78. The maximum atomic E-state index is 4.56. The average Bonchev–Trinajstić information content (AvgIpc) is 3.08. The summed E-state index contributed by atoms with van der Waals surface area (Å²) in [6.45, 7) is 5.81. The van der Waals surface area contributed by atoms with Crippen molar-refractivity contribution in [2.45, 2.75) is 32.4 Å². The van der Waals surface area contributed by atoms with Gasteiger partial charge in [0.1, 0.15) is 5.01 Å². The normalized spacial score (nSPS) is 22.4. The Bertz CT molecular complexity index is 499. The van der Waals surface area contributed by atoms with Gasteiger partial charge in [-0.1, -0.05) is 0 Å². The molecule has 1 aliphatic heterocycles. The van der Waals surface area contributed by atoms with Gasteiger partial charge in [0.05, 0.1) is 12.2 Å². The van der Waals surface area contributed by atoms with Gasteiger partial charge in [-0.15, -0.1) is 11.3 Å². The van der Waals surface area contributed by atoms with Gasteiger partial charge in [-0.05, 0) is 40.1 Å². The number of hydrogen-bond donors (Lipinski definition) is 2. The van der Waals surface area contributed by atoms with E-state index in [1.165, 1.54) is 22.8 Å². The molecule has 124 valence electrons. The molecule has 0 saturated carbocycles. The lowest BCUT2D eigenvalue weighted by atomic mass is 9.97. The highest BCUT2D eigenvalue weighted by Gasteiger charge is 2.36. The second kappa shape index (κ2) is 7.66. The number of rotatable bonds is 5. The molecule has 2 N–H and O–H groups in total. The van der Waals surface area contributed by atoms with Crippen LogP contribution in [-0.4, -0.2) is 60.6 Å². The van der Waals surface area contributed by atoms with Gasteiger partial charge >= 0.3 is 0 Å². The van der Waals surface area contributed by atoms with Crippen LogP contribution in [0.2, 0.25) is 0 Å². The second-order valence-corrected chi connectivity index (χ2v) is 8.34. The monoisotopic (exact) mass is 341 g/mol. The summed E-state index contributed by atoms with van der Waals surface area (Å²) in [6, 6.07) is 0. The number of thioether (sulfide) groups is 1. The zero-order valence-corrected chi connectivity index (χ0v) is 15.8. The van der Waals surface area contributed by atoms with Crippen LogP contribution in [0.3, 0.4) is 0 Å². The van der Waals surface area contributed by atoms with Crippen molar-refractivity contribution in [2.75, 3.05) is 39.2 Å². The van der Waals surface area contributed by atoms with Crippen molar-refractivity contribution in [3.05, 3.63) is 15.6 Å². The summed E-state index contributed by atoms with van der Waals surface area (Å²) < 4.78 is 0. The molecular weight excluding hydrogens is 314 g/mol. The SMILES string of the molecule is CN=C(NCc1nc(C)c(C)s1)NCC1(N(C)C)CCSC1. The van der Waals surface area contributed by atoms with Gasteiger partial charge in [-0.2, -0.15) is 11.8 Å². The molecule has 1 aliphatic rings. The summed E-state index contributed by atoms with van der Waals surface area (Å²) in [4.78, 5) is 12.5. The minimum Gasteiger partial charge on any atom is -0.355 e. The first-order chi connectivity index (χ1) is 10.5. The molecule has 2 rings (SSSR count). The number of aryl methyl sites for hydroxylation is 2. The molecule has 0 radical (unpaired) electrons. The van der Waals surface area contributed by atoms with E-state index in [4.69, 9.17) is 0 Å². The van der Waals surface area contributed by atoms with Gasteiger partial charge < -0.3 is 15.5 Å². The highest BCUT2D eigenvalue weighted by molar-refractivity contribution is 7.99. The van der Waals surface area contributed by atoms with Gasteiger partial charge in [0.2, 0.25) is 0 Å². The number of aromatic nitrogens is 1. The smallest absolute Gasteiger partial charge is 0.191 e. The van der Waals surface area contributed by atoms with E-state index in [-0.39, 0.29) is 5.54 Å². The highest BCUT2D eigenvalue weighted by atomic mass is 32.2. The summed E-state index contributed by atoms with van der Waals surface area (Å²) in [6.07, 6.45) is 1.22. The molecule has 0 aliphatic carbocycles. The fourth-order valence-corrected chi connectivity index (χ4v) is 4.92. The Balaban J connectivity index is 1.87. The van der Waals surface area contributed by atoms with Crippen molar-refractivity contribution in [3.63, 3.8) is 0 Å². The van der Waals surface area contributed by atoms with Gasteiger partial charge in [0.15, 0.2) is 5.96 Å². The number of hydrogen-bond acceptors (Lipinski definition) is 5. The topological polar surface area (TPSA) is 52.6 Å².